The maximum atomic E-state index is 13.7. The number of fused-ring (bicyclic) bond motifs is 1. The molecule has 3 aromatic rings. The van der Waals surface area contributed by atoms with Crippen LogP contribution >= 0.6 is 11.3 Å². The van der Waals surface area contributed by atoms with Gasteiger partial charge in [0, 0.05) is 0 Å². The van der Waals surface area contributed by atoms with Crippen molar-refractivity contribution in [1.82, 2.24) is 4.57 Å². The molecule has 1 aromatic heterocycles. The Morgan fingerprint density at radius 1 is 1.11 bits per heavy atom. The number of benzene rings is 2. The molecular formula is C29H32N2O5S. The van der Waals surface area contributed by atoms with E-state index in [2.05, 4.69) is 18.8 Å². The van der Waals surface area contributed by atoms with Crippen LogP contribution in [0.25, 0.3) is 6.08 Å². The molecule has 1 aliphatic rings. The number of esters is 1. The van der Waals surface area contributed by atoms with Gasteiger partial charge in [-0.15, -0.1) is 0 Å². The third-order valence-electron chi connectivity index (χ3n) is 5.76. The lowest BCUT2D eigenvalue weighted by Crippen LogP contribution is -2.40. The summed E-state index contributed by atoms with van der Waals surface area (Å²) >= 11 is 1.29. The fourth-order valence-electron chi connectivity index (χ4n) is 4.06. The van der Waals surface area contributed by atoms with E-state index in [0.717, 1.165) is 16.9 Å². The lowest BCUT2D eigenvalue weighted by Gasteiger charge is -2.25. The van der Waals surface area contributed by atoms with Gasteiger partial charge in [-0.3, -0.25) is 9.36 Å². The summed E-state index contributed by atoms with van der Waals surface area (Å²) in [6.45, 7) is 10.2. The summed E-state index contributed by atoms with van der Waals surface area (Å²) in [6.07, 6.45) is 1.53. The third kappa shape index (κ3) is 5.85. The minimum atomic E-state index is -0.688. The van der Waals surface area contributed by atoms with E-state index in [9.17, 15) is 9.59 Å². The number of carbonyl (C=O) groups excluding carboxylic acids is 1. The summed E-state index contributed by atoms with van der Waals surface area (Å²) < 4.78 is 18.8. The normalized spacial score (nSPS) is 15.6. The van der Waals surface area contributed by atoms with E-state index in [1.807, 2.05) is 54.6 Å². The third-order valence-corrected chi connectivity index (χ3v) is 6.74. The van der Waals surface area contributed by atoms with Crippen molar-refractivity contribution in [3.8, 4) is 11.5 Å². The van der Waals surface area contributed by atoms with E-state index in [4.69, 9.17) is 14.2 Å². The van der Waals surface area contributed by atoms with E-state index < -0.39 is 12.0 Å². The van der Waals surface area contributed by atoms with E-state index in [1.54, 1.807) is 32.4 Å². The van der Waals surface area contributed by atoms with Crippen LogP contribution in [0.4, 0.5) is 0 Å². The topological polar surface area (TPSA) is 79.1 Å². The highest BCUT2D eigenvalue weighted by atomic mass is 32.1. The van der Waals surface area contributed by atoms with Crippen molar-refractivity contribution in [3.05, 3.63) is 90.6 Å². The number of allylic oxidation sites excluding steroid dienone is 1. The Morgan fingerprint density at radius 2 is 1.84 bits per heavy atom. The lowest BCUT2D eigenvalue weighted by molar-refractivity contribution is -0.143. The predicted octanol–water partition coefficient (Wildman–Crippen LogP) is 4.23. The molecule has 0 saturated carbocycles. The van der Waals surface area contributed by atoms with Crippen molar-refractivity contribution in [2.24, 2.45) is 10.9 Å². The zero-order valence-electron chi connectivity index (χ0n) is 22.0. The number of rotatable bonds is 8. The Bertz CT molecular complexity index is 1500. The Kier molecular flexibility index (Phi) is 7.97. The van der Waals surface area contributed by atoms with Crippen LogP contribution in [0.3, 0.4) is 0 Å². The average Bonchev–Trinajstić information content (AvgIpc) is 3.16. The van der Waals surface area contributed by atoms with Crippen LogP contribution in [-0.2, 0) is 9.53 Å². The first-order valence-corrected chi connectivity index (χ1v) is 13.1. The maximum Gasteiger partial charge on any atom is 0.338 e. The monoisotopic (exact) mass is 520 g/mol. The molecule has 0 unspecified atom stereocenters. The molecule has 0 bridgehead atoms. The molecule has 0 N–H and O–H groups in total. The summed E-state index contributed by atoms with van der Waals surface area (Å²) in [5.41, 5.74) is 2.25. The summed E-state index contributed by atoms with van der Waals surface area (Å²) in [5, 5.41) is 0. The number of carbonyl (C=O) groups is 1. The van der Waals surface area contributed by atoms with Crippen molar-refractivity contribution in [2.75, 3.05) is 13.7 Å². The molecule has 0 saturated heterocycles. The van der Waals surface area contributed by atoms with Gasteiger partial charge in [0.05, 0.1) is 41.7 Å². The highest BCUT2D eigenvalue weighted by Crippen LogP contribution is 2.32. The van der Waals surface area contributed by atoms with Gasteiger partial charge in [0.25, 0.3) is 5.56 Å². The molecule has 4 rings (SSSR count). The Hall–Kier alpha value is -3.65. The molecule has 0 aliphatic carbocycles. The second-order valence-corrected chi connectivity index (χ2v) is 10.6. The second-order valence-electron chi connectivity index (χ2n) is 9.59. The molecule has 1 atom stereocenters. The van der Waals surface area contributed by atoms with Crippen LogP contribution in [-0.4, -0.2) is 30.4 Å². The number of hydrogen-bond donors (Lipinski definition) is 0. The largest absolute Gasteiger partial charge is 0.497 e. The van der Waals surface area contributed by atoms with Gasteiger partial charge in [-0.1, -0.05) is 49.4 Å². The quantitative estimate of drug-likeness (QED) is 0.416. The van der Waals surface area contributed by atoms with Gasteiger partial charge in [-0.2, -0.15) is 0 Å². The lowest BCUT2D eigenvalue weighted by atomic mass is 9.95. The fourth-order valence-corrected chi connectivity index (χ4v) is 5.11. The van der Waals surface area contributed by atoms with Gasteiger partial charge in [-0.05, 0) is 68.2 Å². The molecule has 0 amide bonds. The molecule has 8 heteroatoms. The molecule has 37 heavy (non-hydrogen) atoms. The molecule has 194 valence electrons. The van der Waals surface area contributed by atoms with Gasteiger partial charge < -0.3 is 14.2 Å². The summed E-state index contributed by atoms with van der Waals surface area (Å²) in [7, 11) is 1.58. The number of methoxy groups -OCH3 is 1. The van der Waals surface area contributed by atoms with Gasteiger partial charge in [-0.25, -0.2) is 9.79 Å². The second kappa shape index (κ2) is 11.2. The van der Waals surface area contributed by atoms with Crippen molar-refractivity contribution in [1.29, 1.82) is 0 Å². The zero-order chi connectivity index (χ0) is 26.7. The summed E-state index contributed by atoms with van der Waals surface area (Å²) in [4.78, 5) is 32.1. The maximum absolute atomic E-state index is 13.7. The Balaban J connectivity index is 1.82. The van der Waals surface area contributed by atoms with Gasteiger partial charge in [0.15, 0.2) is 4.80 Å². The molecule has 0 spiro atoms. The van der Waals surface area contributed by atoms with Crippen LogP contribution in [0.2, 0.25) is 0 Å². The number of aromatic nitrogens is 1. The minimum absolute atomic E-state index is 0.223. The molecule has 2 heterocycles. The number of hydrogen-bond acceptors (Lipinski definition) is 7. The van der Waals surface area contributed by atoms with Gasteiger partial charge in [0.1, 0.15) is 11.5 Å². The molecule has 2 aromatic carbocycles. The summed E-state index contributed by atoms with van der Waals surface area (Å²) in [5.74, 6) is 1.36. The fraction of sp³-hybridized carbons (Fsp3) is 0.345. The van der Waals surface area contributed by atoms with Gasteiger partial charge in [0.2, 0.25) is 0 Å². The zero-order valence-corrected chi connectivity index (χ0v) is 22.8. The molecule has 7 nitrogen and oxygen atoms in total. The van der Waals surface area contributed by atoms with E-state index in [0.29, 0.717) is 38.9 Å². The number of ether oxygens (including phenoxy) is 3. The Labute approximate surface area is 220 Å². The van der Waals surface area contributed by atoms with Crippen LogP contribution in [0.5, 0.6) is 11.5 Å². The van der Waals surface area contributed by atoms with Gasteiger partial charge >= 0.3 is 5.97 Å². The minimum Gasteiger partial charge on any atom is -0.497 e. The van der Waals surface area contributed by atoms with Crippen molar-refractivity contribution in [2.45, 2.75) is 46.8 Å². The standard InChI is InChI=1S/C29H32N2O5S/c1-17(2)16-35-22-12-10-20(11-13-22)14-24-27(32)31-26(21-8-7-9-23(15-21)34-6)25(28(33)36-18(3)4)19(5)30-29(31)37-24/h7-15,17-18,26H,16H2,1-6H3/b24-14-/t26-/m0/s1. The van der Waals surface area contributed by atoms with Crippen LogP contribution in [0, 0.1) is 5.92 Å². The predicted molar refractivity (Wildman–Crippen MR) is 145 cm³/mol. The smallest absolute Gasteiger partial charge is 0.338 e. The average molecular weight is 521 g/mol. The highest BCUT2D eigenvalue weighted by Gasteiger charge is 2.34. The molecular weight excluding hydrogens is 488 g/mol. The first-order valence-electron chi connectivity index (χ1n) is 12.3. The Morgan fingerprint density at radius 3 is 2.49 bits per heavy atom. The van der Waals surface area contributed by atoms with E-state index in [1.165, 1.54) is 11.3 Å². The number of nitrogens with zero attached hydrogens (tertiary/aromatic N) is 2. The van der Waals surface area contributed by atoms with Crippen LogP contribution in [0.1, 0.15) is 51.8 Å². The van der Waals surface area contributed by atoms with E-state index in [-0.39, 0.29) is 11.7 Å². The molecule has 1 aliphatic heterocycles. The van der Waals surface area contributed by atoms with Crippen molar-refractivity contribution in [3.63, 3.8) is 0 Å². The molecule has 0 fully saturated rings. The van der Waals surface area contributed by atoms with Crippen LogP contribution < -0.4 is 24.4 Å². The first kappa shape index (κ1) is 26.4. The molecule has 0 radical (unpaired) electrons. The SMILES string of the molecule is COc1cccc([C@H]2C(C(=O)OC(C)C)=C(C)N=c3s/c(=C\c4ccc(OCC(C)C)cc4)c(=O)n32)c1. The highest BCUT2D eigenvalue weighted by molar-refractivity contribution is 7.07. The van der Waals surface area contributed by atoms with Crippen molar-refractivity contribution >= 4 is 23.4 Å². The first-order chi connectivity index (χ1) is 17.7. The van der Waals surface area contributed by atoms with Crippen LogP contribution in [0.15, 0.2) is 69.6 Å². The van der Waals surface area contributed by atoms with Crippen molar-refractivity contribution < 1.29 is 19.0 Å². The number of thiazole rings is 1. The summed E-state index contributed by atoms with van der Waals surface area (Å²) in [6, 6.07) is 14.3. The van der Waals surface area contributed by atoms with E-state index >= 15 is 0 Å².